The molecular formula is C20H19BrF2N2O3. The molecule has 148 valence electrons. The third kappa shape index (κ3) is 4.11. The van der Waals surface area contributed by atoms with Crippen LogP contribution < -0.4 is 14.8 Å². The fourth-order valence-electron chi connectivity index (χ4n) is 3.07. The number of rotatable bonds is 7. The molecule has 3 aromatic rings. The lowest BCUT2D eigenvalue weighted by Gasteiger charge is -2.12. The van der Waals surface area contributed by atoms with Gasteiger partial charge in [0, 0.05) is 24.5 Å². The highest BCUT2D eigenvalue weighted by atomic mass is 79.9. The number of aryl methyl sites for hydroxylation is 1. The van der Waals surface area contributed by atoms with Gasteiger partial charge in [0.2, 0.25) is 0 Å². The number of fused-ring (bicyclic) bond motifs is 1. The fourth-order valence-corrected chi connectivity index (χ4v) is 3.85. The van der Waals surface area contributed by atoms with Gasteiger partial charge in [-0.25, -0.2) is 0 Å². The fraction of sp³-hybridized carbons (Fsp3) is 0.250. The maximum atomic E-state index is 12.7. The summed E-state index contributed by atoms with van der Waals surface area (Å²) in [6.45, 7) is -2.60. The normalized spacial score (nSPS) is 11.1. The molecule has 5 nitrogen and oxygen atoms in total. The number of benzene rings is 2. The van der Waals surface area contributed by atoms with E-state index in [2.05, 4.69) is 26.0 Å². The number of halogens is 3. The molecule has 1 N–H and O–H groups in total. The number of hydrogen-bond donors (Lipinski definition) is 1. The Hall–Kier alpha value is -2.61. The number of ether oxygens (including phenoxy) is 2. The summed E-state index contributed by atoms with van der Waals surface area (Å²) in [6, 6.07) is 12.5. The van der Waals surface area contributed by atoms with E-state index in [1.807, 2.05) is 35.9 Å². The van der Waals surface area contributed by atoms with Gasteiger partial charge in [-0.3, -0.25) is 4.79 Å². The van der Waals surface area contributed by atoms with Crippen molar-refractivity contribution in [1.82, 2.24) is 9.88 Å². The van der Waals surface area contributed by atoms with Crippen LogP contribution in [0.4, 0.5) is 8.78 Å². The molecule has 1 amide bonds. The van der Waals surface area contributed by atoms with Crippen molar-refractivity contribution in [2.45, 2.75) is 13.0 Å². The minimum absolute atomic E-state index is 0.0299. The number of carbonyl (C=O) groups excluding carboxylic acids is 1. The summed E-state index contributed by atoms with van der Waals surface area (Å²) in [6.07, 6.45) is 0.455. The number of nitrogens with one attached hydrogen (secondary N) is 1. The molecule has 0 radical (unpaired) electrons. The first-order chi connectivity index (χ1) is 13.4. The van der Waals surface area contributed by atoms with Gasteiger partial charge in [-0.2, -0.15) is 8.78 Å². The molecule has 8 heteroatoms. The zero-order chi connectivity index (χ0) is 20.3. The van der Waals surface area contributed by atoms with Gasteiger partial charge in [-0.1, -0.05) is 24.3 Å². The van der Waals surface area contributed by atoms with Crippen LogP contribution in [-0.4, -0.2) is 30.7 Å². The van der Waals surface area contributed by atoms with Crippen molar-refractivity contribution in [1.29, 1.82) is 0 Å². The Labute approximate surface area is 169 Å². The third-order valence-electron chi connectivity index (χ3n) is 4.40. The van der Waals surface area contributed by atoms with Gasteiger partial charge in [0.25, 0.3) is 5.91 Å². The van der Waals surface area contributed by atoms with Gasteiger partial charge < -0.3 is 19.4 Å². The number of hydrogen-bond acceptors (Lipinski definition) is 3. The van der Waals surface area contributed by atoms with E-state index in [9.17, 15) is 13.6 Å². The Kier molecular flexibility index (Phi) is 6.18. The first kappa shape index (κ1) is 20.1. The second-order valence-corrected chi connectivity index (χ2v) is 6.90. The average molecular weight is 453 g/mol. The first-order valence-electron chi connectivity index (χ1n) is 8.55. The predicted octanol–water partition coefficient (Wildman–Crippen LogP) is 4.52. The van der Waals surface area contributed by atoms with E-state index >= 15 is 0 Å². The maximum Gasteiger partial charge on any atom is 0.387 e. The van der Waals surface area contributed by atoms with E-state index in [-0.39, 0.29) is 17.4 Å². The van der Waals surface area contributed by atoms with E-state index < -0.39 is 6.61 Å². The van der Waals surface area contributed by atoms with Gasteiger partial charge in [0.1, 0.15) is 5.69 Å². The average Bonchev–Trinajstić information content (AvgIpc) is 2.92. The number of nitrogens with zero attached hydrogens (tertiary/aromatic N) is 1. The van der Waals surface area contributed by atoms with Crippen LogP contribution in [0.3, 0.4) is 0 Å². The van der Waals surface area contributed by atoms with Crippen LogP contribution in [0.15, 0.2) is 46.9 Å². The van der Waals surface area contributed by atoms with Crippen LogP contribution in [0.25, 0.3) is 10.9 Å². The molecule has 1 aromatic heterocycles. The molecule has 0 atom stereocenters. The smallest absolute Gasteiger partial charge is 0.387 e. The first-order valence-corrected chi connectivity index (χ1v) is 9.34. The third-order valence-corrected chi connectivity index (χ3v) is 5.21. The van der Waals surface area contributed by atoms with Crippen molar-refractivity contribution >= 4 is 32.7 Å². The largest absolute Gasteiger partial charge is 0.493 e. The quantitative estimate of drug-likeness (QED) is 0.573. The van der Waals surface area contributed by atoms with E-state index in [0.717, 1.165) is 20.9 Å². The Morgan fingerprint density at radius 1 is 1.21 bits per heavy atom. The highest BCUT2D eigenvalue weighted by molar-refractivity contribution is 9.10. The van der Waals surface area contributed by atoms with Crippen LogP contribution in [0, 0.1) is 0 Å². The Morgan fingerprint density at radius 2 is 1.96 bits per heavy atom. The summed E-state index contributed by atoms with van der Waals surface area (Å²) in [5, 5.41) is 3.83. The van der Waals surface area contributed by atoms with E-state index in [0.29, 0.717) is 18.7 Å². The molecule has 0 saturated carbocycles. The molecule has 0 saturated heterocycles. The molecule has 1 heterocycles. The molecule has 0 aliphatic heterocycles. The van der Waals surface area contributed by atoms with Crippen molar-refractivity contribution in [2.75, 3.05) is 13.7 Å². The van der Waals surface area contributed by atoms with E-state index in [1.54, 1.807) is 12.1 Å². The number of alkyl halides is 2. The van der Waals surface area contributed by atoms with Gasteiger partial charge in [0.05, 0.1) is 11.6 Å². The zero-order valence-corrected chi connectivity index (χ0v) is 16.9. The summed E-state index contributed by atoms with van der Waals surface area (Å²) in [4.78, 5) is 12.7. The molecule has 28 heavy (non-hydrogen) atoms. The lowest BCUT2D eigenvalue weighted by atomic mass is 10.1. The minimum atomic E-state index is -2.94. The summed E-state index contributed by atoms with van der Waals surface area (Å²) in [7, 11) is 3.22. The number of carbonyl (C=O) groups is 1. The van der Waals surface area contributed by atoms with Crippen LogP contribution in [-0.2, 0) is 13.5 Å². The standard InChI is InChI=1S/C20H19BrF2N2O3/c1-25-14-6-4-3-5-13(14)17(21)18(25)19(26)24-10-9-12-7-8-15(27-2)16(11-12)28-20(22)23/h3-8,11,20H,9-10H2,1-2H3,(H,24,26). The number of aromatic nitrogens is 1. The van der Waals surface area contributed by atoms with Crippen molar-refractivity contribution in [3.8, 4) is 11.5 Å². The van der Waals surface area contributed by atoms with E-state index in [4.69, 9.17) is 4.74 Å². The molecule has 0 aliphatic carbocycles. The topological polar surface area (TPSA) is 52.5 Å². The maximum absolute atomic E-state index is 12.7. The second kappa shape index (κ2) is 8.60. The lowest BCUT2D eigenvalue weighted by molar-refractivity contribution is -0.0512. The molecule has 0 unspecified atom stereocenters. The van der Waals surface area contributed by atoms with E-state index in [1.165, 1.54) is 13.2 Å². The molecule has 0 aliphatic rings. The van der Waals surface area contributed by atoms with Gasteiger partial charge >= 0.3 is 6.61 Å². The summed E-state index contributed by atoms with van der Waals surface area (Å²) >= 11 is 3.51. The summed E-state index contributed by atoms with van der Waals surface area (Å²) < 4.78 is 37.1. The second-order valence-electron chi connectivity index (χ2n) is 6.11. The van der Waals surface area contributed by atoms with Crippen LogP contribution >= 0.6 is 15.9 Å². The number of methoxy groups -OCH3 is 1. The summed E-state index contributed by atoms with van der Waals surface area (Å²) in [5.74, 6) is -0.0200. The molecule has 0 spiro atoms. The highest BCUT2D eigenvalue weighted by Crippen LogP contribution is 2.31. The van der Waals surface area contributed by atoms with Crippen molar-refractivity contribution in [2.24, 2.45) is 7.05 Å². The molecular weight excluding hydrogens is 434 g/mol. The monoisotopic (exact) mass is 452 g/mol. The van der Waals surface area contributed by atoms with Crippen LogP contribution in [0.1, 0.15) is 16.1 Å². The summed E-state index contributed by atoms with van der Waals surface area (Å²) in [5.41, 5.74) is 2.22. The molecule has 2 aromatic carbocycles. The highest BCUT2D eigenvalue weighted by Gasteiger charge is 2.19. The molecule has 0 fully saturated rings. The Balaban J connectivity index is 1.69. The molecule has 0 bridgehead atoms. The number of para-hydroxylation sites is 1. The number of amides is 1. The van der Waals surface area contributed by atoms with Gasteiger partial charge in [0.15, 0.2) is 11.5 Å². The molecule has 3 rings (SSSR count). The predicted molar refractivity (Wildman–Crippen MR) is 106 cm³/mol. The Morgan fingerprint density at radius 3 is 2.64 bits per heavy atom. The zero-order valence-electron chi connectivity index (χ0n) is 15.3. The van der Waals surface area contributed by atoms with Crippen molar-refractivity contribution in [3.05, 3.63) is 58.2 Å². The lowest BCUT2D eigenvalue weighted by Crippen LogP contribution is -2.27. The minimum Gasteiger partial charge on any atom is -0.493 e. The van der Waals surface area contributed by atoms with Crippen LogP contribution in [0.5, 0.6) is 11.5 Å². The Bertz CT molecular complexity index is 966. The van der Waals surface area contributed by atoms with Crippen molar-refractivity contribution < 1.29 is 23.0 Å². The van der Waals surface area contributed by atoms with Crippen LogP contribution in [0.2, 0.25) is 0 Å². The van der Waals surface area contributed by atoms with Gasteiger partial charge in [-0.05, 0) is 46.1 Å². The van der Waals surface area contributed by atoms with Gasteiger partial charge in [-0.15, -0.1) is 0 Å². The van der Waals surface area contributed by atoms with Crippen molar-refractivity contribution in [3.63, 3.8) is 0 Å². The SMILES string of the molecule is COc1ccc(CCNC(=O)c2c(Br)c3ccccc3n2C)cc1OC(F)F.